The first-order chi connectivity index (χ1) is 16.9. The zero-order valence-electron chi connectivity index (χ0n) is 18.9. The van der Waals surface area contributed by atoms with E-state index in [1.165, 1.54) is 0 Å². The predicted octanol–water partition coefficient (Wildman–Crippen LogP) is 7.28. The third-order valence-corrected chi connectivity index (χ3v) is 6.27. The number of amides is 1. The van der Waals surface area contributed by atoms with Crippen LogP contribution in [-0.2, 0) is 6.61 Å². The van der Waals surface area contributed by atoms with Crippen molar-refractivity contribution in [3.05, 3.63) is 97.4 Å². The van der Waals surface area contributed by atoms with Gasteiger partial charge in [0.1, 0.15) is 19.0 Å². The molecule has 0 saturated heterocycles. The standard InChI is InChI=1S/C26H23Br3N2O4/c1-3-11-34-23-10-7-19(14-24(23)33-4-2)26(32)31-30-15-18-12-21(28)25(22(29)13-18)35-16-17-5-8-20(27)9-6-17/h3,5-10,12-15H,1,4,11,16H2,2H3,(H,31,32)/b30-15+. The SMILES string of the molecule is C=CCOc1ccc(C(=O)N/N=C/c2cc(Br)c(OCc3ccc(Br)cc3)c(Br)c2)cc1OCC. The number of nitrogens with zero attached hydrogens (tertiary/aromatic N) is 1. The number of rotatable bonds is 11. The number of carbonyl (C=O) groups excluding carboxylic acids is 1. The van der Waals surface area contributed by atoms with Gasteiger partial charge in [0.2, 0.25) is 0 Å². The van der Waals surface area contributed by atoms with Gasteiger partial charge in [-0.3, -0.25) is 4.79 Å². The van der Waals surface area contributed by atoms with E-state index in [-0.39, 0.29) is 5.91 Å². The molecule has 0 unspecified atom stereocenters. The lowest BCUT2D eigenvalue weighted by molar-refractivity contribution is 0.0954. The summed E-state index contributed by atoms with van der Waals surface area (Å²) in [5.74, 6) is 1.34. The molecule has 0 atom stereocenters. The van der Waals surface area contributed by atoms with Crippen LogP contribution in [0, 0.1) is 0 Å². The van der Waals surface area contributed by atoms with Crippen LogP contribution in [-0.4, -0.2) is 25.3 Å². The maximum absolute atomic E-state index is 12.6. The van der Waals surface area contributed by atoms with E-state index in [2.05, 4.69) is 64.9 Å². The van der Waals surface area contributed by atoms with Crippen molar-refractivity contribution in [1.29, 1.82) is 0 Å². The molecule has 0 fully saturated rings. The molecule has 0 aromatic heterocycles. The van der Waals surface area contributed by atoms with E-state index in [1.807, 2.05) is 43.3 Å². The van der Waals surface area contributed by atoms with Crippen molar-refractivity contribution >= 4 is 59.9 Å². The van der Waals surface area contributed by atoms with E-state index in [1.54, 1.807) is 30.5 Å². The van der Waals surface area contributed by atoms with Crippen LogP contribution in [0.1, 0.15) is 28.4 Å². The van der Waals surface area contributed by atoms with E-state index in [9.17, 15) is 4.79 Å². The lowest BCUT2D eigenvalue weighted by atomic mass is 10.2. The number of benzene rings is 3. The number of ether oxygens (including phenoxy) is 3. The van der Waals surface area contributed by atoms with Gasteiger partial charge in [0.05, 0.1) is 21.8 Å². The van der Waals surface area contributed by atoms with Crippen molar-refractivity contribution in [3.8, 4) is 17.2 Å². The molecule has 6 nitrogen and oxygen atoms in total. The number of nitrogens with one attached hydrogen (secondary N) is 1. The van der Waals surface area contributed by atoms with Gasteiger partial charge in [-0.1, -0.05) is 40.7 Å². The largest absolute Gasteiger partial charge is 0.490 e. The van der Waals surface area contributed by atoms with Crippen molar-refractivity contribution in [1.82, 2.24) is 5.43 Å². The minimum Gasteiger partial charge on any atom is -0.490 e. The fourth-order valence-corrected chi connectivity index (χ4v) is 4.66. The summed E-state index contributed by atoms with van der Waals surface area (Å²) in [6.07, 6.45) is 3.19. The Kier molecular flexibility index (Phi) is 10.4. The summed E-state index contributed by atoms with van der Waals surface area (Å²) < 4.78 is 19.6. The molecule has 0 heterocycles. The summed E-state index contributed by atoms with van der Waals surface area (Å²) >= 11 is 10.5. The quantitative estimate of drug-likeness (QED) is 0.133. The summed E-state index contributed by atoms with van der Waals surface area (Å²) in [5.41, 5.74) is 4.75. The Morgan fingerprint density at radius 1 is 0.971 bits per heavy atom. The average molecular weight is 667 g/mol. The first kappa shape index (κ1) is 27.0. The molecule has 1 N–H and O–H groups in total. The van der Waals surface area contributed by atoms with Gasteiger partial charge < -0.3 is 14.2 Å². The molecule has 0 aliphatic carbocycles. The Balaban J connectivity index is 1.64. The number of hydrazone groups is 1. The van der Waals surface area contributed by atoms with E-state index >= 15 is 0 Å². The van der Waals surface area contributed by atoms with Gasteiger partial charge in [0, 0.05) is 10.0 Å². The van der Waals surface area contributed by atoms with Crippen molar-refractivity contribution in [3.63, 3.8) is 0 Å². The Bertz CT molecular complexity index is 1190. The lowest BCUT2D eigenvalue weighted by Gasteiger charge is -2.12. The van der Waals surface area contributed by atoms with E-state index < -0.39 is 0 Å². The van der Waals surface area contributed by atoms with Gasteiger partial charge >= 0.3 is 0 Å². The highest BCUT2D eigenvalue weighted by molar-refractivity contribution is 9.11. The molecule has 3 aromatic carbocycles. The molecule has 35 heavy (non-hydrogen) atoms. The monoisotopic (exact) mass is 664 g/mol. The molecule has 182 valence electrons. The Morgan fingerprint density at radius 2 is 1.69 bits per heavy atom. The Hall–Kier alpha value is -2.62. The van der Waals surface area contributed by atoms with Crippen LogP contribution in [0.25, 0.3) is 0 Å². The summed E-state index contributed by atoms with van der Waals surface area (Å²) in [7, 11) is 0. The van der Waals surface area contributed by atoms with Gasteiger partial charge in [0.25, 0.3) is 5.91 Å². The summed E-state index contributed by atoms with van der Waals surface area (Å²) in [4.78, 5) is 12.6. The van der Waals surface area contributed by atoms with Gasteiger partial charge in [-0.15, -0.1) is 0 Å². The van der Waals surface area contributed by atoms with Crippen LogP contribution >= 0.6 is 47.8 Å². The molecule has 0 bridgehead atoms. The van der Waals surface area contributed by atoms with Gasteiger partial charge in [0.15, 0.2) is 11.5 Å². The minimum atomic E-state index is -0.370. The molecule has 0 aliphatic rings. The second-order valence-electron chi connectivity index (χ2n) is 7.12. The smallest absolute Gasteiger partial charge is 0.271 e. The van der Waals surface area contributed by atoms with Crippen molar-refractivity contribution < 1.29 is 19.0 Å². The highest BCUT2D eigenvalue weighted by Crippen LogP contribution is 2.35. The lowest BCUT2D eigenvalue weighted by Crippen LogP contribution is -2.17. The fourth-order valence-electron chi connectivity index (χ4n) is 2.94. The highest BCUT2D eigenvalue weighted by atomic mass is 79.9. The zero-order valence-corrected chi connectivity index (χ0v) is 23.7. The normalized spacial score (nSPS) is 10.7. The zero-order chi connectivity index (χ0) is 25.2. The predicted molar refractivity (Wildman–Crippen MR) is 149 cm³/mol. The second kappa shape index (κ2) is 13.5. The van der Waals surface area contributed by atoms with Crippen molar-refractivity contribution in [2.45, 2.75) is 13.5 Å². The van der Waals surface area contributed by atoms with E-state index in [0.29, 0.717) is 42.6 Å². The van der Waals surface area contributed by atoms with E-state index in [0.717, 1.165) is 24.5 Å². The molecule has 0 aliphatic heterocycles. The summed E-state index contributed by atoms with van der Waals surface area (Å²) in [6.45, 7) is 6.71. The first-order valence-corrected chi connectivity index (χ1v) is 13.0. The summed E-state index contributed by atoms with van der Waals surface area (Å²) in [6, 6.07) is 16.6. The summed E-state index contributed by atoms with van der Waals surface area (Å²) in [5, 5.41) is 4.08. The van der Waals surface area contributed by atoms with Gasteiger partial charge in [-0.05, 0) is 92.4 Å². The molecule has 0 spiro atoms. The second-order valence-corrected chi connectivity index (χ2v) is 9.75. The van der Waals surface area contributed by atoms with E-state index in [4.69, 9.17) is 14.2 Å². The number of carbonyl (C=O) groups is 1. The van der Waals surface area contributed by atoms with Crippen LogP contribution in [0.5, 0.6) is 17.2 Å². The molecular weight excluding hydrogens is 644 g/mol. The number of hydrogen-bond acceptors (Lipinski definition) is 5. The highest BCUT2D eigenvalue weighted by Gasteiger charge is 2.12. The van der Waals surface area contributed by atoms with Crippen LogP contribution < -0.4 is 19.6 Å². The van der Waals surface area contributed by atoms with Crippen molar-refractivity contribution in [2.24, 2.45) is 5.10 Å². The molecule has 1 amide bonds. The van der Waals surface area contributed by atoms with Gasteiger partial charge in [-0.2, -0.15) is 5.10 Å². The van der Waals surface area contributed by atoms with Crippen LogP contribution in [0.15, 0.2) is 85.8 Å². The number of halogens is 3. The number of hydrogen-bond donors (Lipinski definition) is 1. The van der Waals surface area contributed by atoms with Crippen molar-refractivity contribution in [2.75, 3.05) is 13.2 Å². The maximum atomic E-state index is 12.6. The minimum absolute atomic E-state index is 0.342. The Morgan fingerprint density at radius 3 is 2.34 bits per heavy atom. The molecule has 3 rings (SSSR count). The van der Waals surface area contributed by atoms with Crippen LogP contribution in [0.3, 0.4) is 0 Å². The molecule has 0 saturated carbocycles. The third-order valence-electron chi connectivity index (χ3n) is 4.56. The fraction of sp³-hybridized carbons (Fsp3) is 0.154. The maximum Gasteiger partial charge on any atom is 0.271 e. The van der Waals surface area contributed by atoms with Gasteiger partial charge in [-0.25, -0.2) is 5.43 Å². The molecule has 9 heteroatoms. The first-order valence-electron chi connectivity index (χ1n) is 10.6. The van der Waals surface area contributed by atoms with Crippen LogP contribution in [0.4, 0.5) is 0 Å². The topological polar surface area (TPSA) is 69.2 Å². The van der Waals surface area contributed by atoms with Crippen LogP contribution in [0.2, 0.25) is 0 Å². The molecular formula is C26H23Br3N2O4. The average Bonchev–Trinajstić information content (AvgIpc) is 2.84. The molecule has 0 radical (unpaired) electrons. The molecule has 3 aromatic rings. The Labute approximate surface area is 229 Å². The third kappa shape index (κ3) is 7.95.